The minimum atomic E-state index is -0.488. The smallest absolute Gasteiger partial charge is 0.305 e. The summed E-state index contributed by atoms with van der Waals surface area (Å²) in [4.78, 5) is 24.9. The van der Waals surface area contributed by atoms with Gasteiger partial charge in [-0.2, -0.15) is 0 Å². The first-order valence-electron chi connectivity index (χ1n) is 5.29. The first-order chi connectivity index (χ1) is 8.58. The Bertz CT molecular complexity index is 553. The number of carbonyl (C=O) groups is 2. The number of aryl methyl sites for hydroxylation is 2. The Hall–Kier alpha value is -2.08. The molecule has 0 bridgehead atoms. The highest BCUT2D eigenvalue weighted by molar-refractivity contribution is 7.14. The third kappa shape index (κ3) is 2.60. The van der Waals surface area contributed by atoms with Gasteiger partial charge >= 0.3 is 5.91 Å². The van der Waals surface area contributed by atoms with Gasteiger partial charge in [0, 0.05) is 4.88 Å². The van der Waals surface area contributed by atoms with Crippen molar-refractivity contribution in [3.63, 3.8) is 0 Å². The van der Waals surface area contributed by atoms with E-state index in [-0.39, 0.29) is 11.7 Å². The van der Waals surface area contributed by atoms with Gasteiger partial charge in [-0.3, -0.25) is 20.4 Å². The van der Waals surface area contributed by atoms with Crippen LogP contribution in [0.5, 0.6) is 0 Å². The molecule has 0 saturated heterocycles. The molecule has 6 heteroatoms. The molecule has 5 nitrogen and oxygen atoms in total. The molecule has 2 heterocycles. The molecule has 0 aliphatic heterocycles. The summed E-state index contributed by atoms with van der Waals surface area (Å²) in [5.74, 6) is -0.678. The van der Waals surface area contributed by atoms with Crippen LogP contribution in [0, 0.1) is 13.8 Å². The fourth-order valence-electron chi connectivity index (χ4n) is 1.33. The molecule has 2 rings (SSSR count). The highest BCUT2D eigenvalue weighted by atomic mass is 32.1. The van der Waals surface area contributed by atoms with Gasteiger partial charge in [-0.05, 0) is 37.6 Å². The van der Waals surface area contributed by atoms with Crippen molar-refractivity contribution in [2.75, 3.05) is 0 Å². The minimum Gasteiger partial charge on any atom is -0.459 e. The molecule has 0 aliphatic carbocycles. The second-order valence-corrected chi connectivity index (χ2v) is 4.99. The molecule has 2 N–H and O–H groups in total. The number of rotatable bonds is 2. The molecular weight excluding hydrogens is 252 g/mol. The fraction of sp³-hybridized carbons (Fsp3) is 0.167. The topological polar surface area (TPSA) is 71.3 Å². The summed E-state index contributed by atoms with van der Waals surface area (Å²) in [6, 6.07) is 4.90. The maximum atomic E-state index is 11.7. The van der Waals surface area contributed by atoms with E-state index >= 15 is 0 Å². The van der Waals surface area contributed by atoms with Crippen LogP contribution in [0.25, 0.3) is 0 Å². The van der Waals surface area contributed by atoms with Gasteiger partial charge in [-0.25, -0.2) is 0 Å². The predicted octanol–water partition coefficient (Wildman–Crippen LogP) is 2.03. The third-order valence-electron chi connectivity index (χ3n) is 2.42. The van der Waals surface area contributed by atoms with Gasteiger partial charge in [0.15, 0.2) is 5.76 Å². The van der Waals surface area contributed by atoms with Crippen molar-refractivity contribution >= 4 is 23.2 Å². The lowest BCUT2D eigenvalue weighted by molar-refractivity contribution is 0.0833. The van der Waals surface area contributed by atoms with Gasteiger partial charge in [0.1, 0.15) is 0 Å². The van der Waals surface area contributed by atoms with Crippen molar-refractivity contribution in [1.29, 1.82) is 0 Å². The van der Waals surface area contributed by atoms with E-state index in [9.17, 15) is 9.59 Å². The summed E-state index contributed by atoms with van der Waals surface area (Å²) in [6.07, 6.45) is 1.39. The zero-order chi connectivity index (χ0) is 13.1. The Kier molecular flexibility index (Phi) is 3.47. The maximum absolute atomic E-state index is 11.7. The normalized spacial score (nSPS) is 10.1. The summed E-state index contributed by atoms with van der Waals surface area (Å²) in [6.45, 7) is 3.88. The zero-order valence-corrected chi connectivity index (χ0v) is 10.8. The molecule has 0 spiro atoms. The van der Waals surface area contributed by atoms with E-state index in [0.29, 0.717) is 4.88 Å². The van der Waals surface area contributed by atoms with Crippen molar-refractivity contribution in [2.24, 2.45) is 0 Å². The van der Waals surface area contributed by atoms with E-state index in [0.717, 1.165) is 10.4 Å². The van der Waals surface area contributed by atoms with Gasteiger partial charge in [0.05, 0.1) is 11.1 Å². The molecule has 2 aromatic heterocycles. The summed E-state index contributed by atoms with van der Waals surface area (Å²) >= 11 is 1.38. The van der Waals surface area contributed by atoms with E-state index in [1.807, 2.05) is 13.8 Å². The molecule has 2 aromatic rings. The number of amides is 2. The van der Waals surface area contributed by atoms with Crippen LogP contribution < -0.4 is 10.9 Å². The molecule has 18 heavy (non-hydrogen) atoms. The Labute approximate surface area is 108 Å². The average Bonchev–Trinajstić information content (AvgIpc) is 2.97. The summed E-state index contributed by atoms with van der Waals surface area (Å²) in [7, 11) is 0. The van der Waals surface area contributed by atoms with E-state index in [1.54, 1.807) is 12.1 Å². The molecule has 0 radical (unpaired) electrons. The predicted molar refractivity (Wildman–Crippen MR) is 67.4 cm³/mol. The van der Waals surface area contributed by atoms with Crippen LogP contribution in [-0.4, -0.2) is 11.8 Å². The van der Waals surface area contributed by atoms with Crippen LogP contribution in [0.1, 0.15) is 30.7 Å². The Morgan fingerprint density at radius 1 is 1.22 bits per heavy atom. The fourth-order valence-corrected chi connectivity index (χ4v) is 2.26. The van der Waals surface area contributed by atoms with Crippen molar-refractivity contribution in [2.45, 2.75) is 13.8 Å². The van der Waals surface area contributed by atoms with E-state index in [4.69, 9.17) is 4.42 Å². The largest absolute Gasteiger partial charge is 0.459 e. The third-order valence-corrected chi connectivity index (χ3v) is 3.58. The maximum Gasteiger partial charge on any atom is 0.305 e. The first kappa shape index (κ1) is 12.4. The summed E-state index contributed by atoms with van der Waals surface area (Å²) in [5.41, 5.74) is 5.68. The SMILES string of the molecule is Cc1cc(C(=O)NNC(=O)c2ccco2)sc1C. The van der Waals surface area contributed by atoms with Crippen LogP contribution in [0.3, 0.4) is 0 Å². The van der Waals surface area contributed by atoms with E-state index in [2.05, 4.69) is 10.9 Å². The lowest BCUT2D eigenvalue weighted by Crippen LogP contribution is -2.41. The summed E-state index contributed by atoms with van der Waals surface area (Å²) in [5, 5.41) is 0. The van der Waals surface area contributed by atoms with E-state index in [1.165, 1.54) is 23.7 Å². The molecule has 94 valence electrons. The molecule has 0 saturated carbocycles. The first-order valence-corrected chi connectivity index (χ1v) is 6.11. The minimum absolute atomic E-state index is 0.147. The summed E-state index contributed by atoms with van der Waals surface area (Å²) < 4.78 is 4.90. The Morgan fingerprint density at radius 3 is 2.50 bits per heavy atom. The lowest BCUT2D eigenvalue weighted by atomic mass is 10.3. The van der Waals surface area contributed by atoms with Gasteiger partial charge in [-0.15, -0.1) is 11.3 Å². The molecule has 0 atom stereocenters. The molecule has 0 aliphatic rings. The number of hydrazine groups is 1. The van der Waals surface area contributed by atoms with Crippen LogP contribution in [0.2, 0.25) is 0 Å². The Morgan fingerprint density at radius 2 is 1.94 bits per heavy atom. The van der Waals surface area contributed by atoms with Gasteiger partial charge in [0.2, 0.25) is 0 Å². The number of carbonyl (C=O) groups excluding carboxylic acids is 2. The zero-order valence-electron chi connectivity index (χ0n) is 9.94. The molecule has 0 aromatic carbocycles. The second kappa shape index (κ2) is 5.05. The molecular formula is C12H12N2O3S. The van der Waals surface area contributed by atoms with Crippen molar-refractivity contribution in [3.8, 4) is 0 Å². The van der Waals surface area contributed by atoms with Crippen molar-refractivity contribution in [1.82, 2.24) is 10.9 Å². The Balaban J connectivity index is 1.94. The number of thiophene rings is 1. The molecule has 0 fully saturated rings. The number of furan rings is 1. The van der Waals surface area contributed by atoms with Crippen LogP contribution in [-0.2, 0) is 0 Å². The van der Waals surface area contributed by atoms with Gasteiger partial charge in [-0.1, -0.05) is 0 Å². The van der Waals surface area contributed by atoms with Crippen molar-refractivity contribution < 1.29 is 14.0 Å². The average molecular weight is 264 g/mol. The van der Waals surface area contributed by atoms with Crippen LogP contribution >= 0.6 is 11.3 Å². The highest BCUT2D eigenvalue weighted by Gasteiger charge is 2.13. The quantitative estimate of drug-likeness (QED) is 0.815. The monoisotopic (exact) mass is 264 g/mol. The van der Waals surface area contributed by atoms with Crippen molar-refractivity contribution in [3.05, 3.63) is 45.5 Å². The number of nitrogens with one attached hydrogen (secondary N) is 2. The second-order valence-electron chi connectivity index (χ2n) is 3.74. The van der Waals surface area contributed by atoms with Gasteiger partial charge < -0.3 is 4.42 Å². The highest BCUT2D eigenvalue weighted by Crippen LogP contribution is 2.20. The van der Waals surface area contributed by atoms with Crippen LogP contribution in [0.15, 0.2) is 28.9 Å². The van der Waals surface area contributed by atoms with Gasteiger partial charge in [0.25, 0.3) is 5.91 Å². The number of hydrogen-bond acceptors (Lipinski definition) is 4. The standard InChI is InChI=1S/C12H12N2O3S/c1-7-6-10(18-8(7)2)12(16)14-13-11(15)9-4-3-5-17-9/h3-6H,1-2H3,(H,13,15)(H,14,16). The number of hydrogen-bond donors (Lipinski definition) is 2. The van der Waals surface area contributed by atoms with E-state index < -0.39 is 5.91 Å². The molecule has 0 unspecified atom stereocenters. The van der Waals surface area contributed by atoms with Crippen LogP contribution in [0.4, 0.5) is 0 Å². The molecule has 2 amide bonds. The lowest BCUT2D eigenvalue weighted by Gasteiger charge is -2.03.